The van der Waals surface area contributed by atoms with E-state index in [0.717, 1.165) is 32.4 Å². The van der Waals surface area contributed by atoms with E-state index in [2.05, 4.69) is 31.2 Å². The number of benzene rings is 1. The van der Waals surface area contributed by atoms with Gasteiger partial charge in [0.25, 0.3) is 0 Å². The van der Waals surface area contributed by atoms with Gasteiger partial charge in [-0.2, -0.15) is 0 Å². The van der Waals surface area contributed by atoms with Gasteiger partial charge in [0.05, 0.1) is 0 Å². The van der Waals surface area contributed by atoms with E-state index in [1.54, 1.807) is 0 Å². The molecule has 1 saturated heterocycles. The number of rotatable bonds is 4. The largest absolute Gasteiger partial charge is 0.342 e. The molecule has 1 aromatic carbocycles. The highest BCUT2D eigenvalue weighted by molar-refractivity contribution is 5.76. The molecule has 1 aliphatic rings. The number of hydrogen-bond donors (Lipinski definition) is 1. The van der Waals surface area contributed by atoms with Crippen LogP contribution in [0.25, 0.3) is 0 Å². The Labute approximate surface area is 115 Å². The van der Waals surface area contributed by atoms with Crippen LogP contribution in [0.1, 0.15) is 38.2 Å². The average Bonchev–Trinajstić information content (AvgIpc) is 2.46. The van der Waals surface area contributed by atoms with Crippen molar-refractivity contribution >= 4 is 5.91 Å². The molecule has 3 nitrogen and oxygen atoms in total. The van der Waals surface area contributed by atoms with Gasteiger partial charge in [0.2, 0.25) is 5.91 Å². The van der Waals surface area contributed by atoms with Crippen molar-refractivity contribution in [3.8, 4) is 0 Å². The lowest BCUT2D eigenvalue weighted by Gasteiger charge is -2.41. The summed E-state index contributed by atoms with van der Waals surface area (Å²) in [5.74, 6) is 0.257. The van der Waals surface area contributed by atoms with Crippen molar-refractivity contribution in [3.05, 3.63) is 35.9 Å². The zero-order chi connectivity index (χ0) is 13.7. The second kappa shape index (κ2) is 6.20. The lowest BCUT2D eigenvalue weighted by molar-refractivity contribution is -0.133. The second-order valence-corrected chi connectivity index (χ2v) is 5.74. The number of amides is 1. The van der Waals surface area contributed by atoms with Gasteiger partial charge >= 0.3 is 0 Å². The summed E-state index contributed by atoms with van der Waals surface area (Å²) in [6.45, 7) is 4.59. The molecule has 0 aliphatic carbocycles. The zero-order valence-electron chi connectivity index (χ0n) is 11.8. The molecule has 2 N–H and O–H groups in total. The number of likely N-dealkylation sites (tertiary alicyclic amines) is 1. The molecule has 2 rings (SSSR count). The minimum absolute atomic E-state index is 0.0951. The van der Waals surface area contributed by atoms with E-state index in [4.69, 9.17) is 5.73 Å². The van der Waals surface area contributed by atoms with Crippen LogP contribution in [0.5, 0.6) is 0 Å². The molecule has 1 amide bonds. The van der Waals surface area contributed by atoms with E-state index >= 15 is 0 Å². The Bertz CT molecular complexity index is 418. The van der Waals surface area contributed by atoms with Crippen LogP contribution < -0.4 is 5.73 Å². The molecule has 0 bridgehead atoms. The predicted molar refractivity (Wildman–Crippen MR) is 77.9 cm³/mol. The van der Waals surface area contributed by atoms with Crippen LogP contribution in [0.3, 0.4) is 0 Å². The zero-order valence-corrected chi connectivity index (χ0v) is 11.8. The molecule has 0 aromatic heterocycles. The van der Waals surface area contributed by atoms with Gasteiger partial charge in [-0.3, -0.25) is 4.79 Å². The number of nitrogens with zero attached hydrogens (tertiary/aromatic N) is 1. The Morgan fingerprint density at radius 3 is 2.79 bits per heavy atom. The van der Waals surface area contributed by atoms with Crippen molar-refractivity contribution in [2.75, 3.05) is 19.6 Å². The Balaban J connectivity index is 2.06. The molecular formula is C16H24N2O. The average molecular weight is 260 g/mol. The highest BCUT2D eigenvalue weighted by atomic mass is 16.2. The minimum Gasteiger partial charge on any atom is -0.342 e. The summed E-state index contributed by atoms with van der Waals surface area (Å²) in [4.78, 5) is 14.2. The summed E-state index contributed by atoms with van der Waals surface area (Å²) in [6.07, 6.45) is 3.61. The summed E-state index contributed by atoms with van der Waals surface area (Å²) in [6, 6.07) is 10.5. The van der Waals surface area contributed by atoms with Gasteiger partial charge in [0.1, 0.15) is 0 Å². The second-order valence-electron chi connectivity index (χ2n) is 5.74. The Morgan fingerprint density at radius 1 is 1.37 bits per heavy atom. The summed E-state index contributed by atoms with van der Waals surface area (Å²) in [7, 11) is 0. The van der Waals surface area contributed by atoms with Crippen LogP contribution >= 0.6 is 0 Å². The molecule has 3 heteroatoms. The van der Waals surface area contributed by atoms with Gasteiger partial charge < -0.3 is 10.6 Å². The van der Waals surface area contributed by atoms with Crippen LogP contribution in [-0.4, -0.2) is 30.4 Å². The van der Waals surface area contributed by atoms with Gasteiger partial charge in [-0.05, 0) is 31.4 Å². The first-order chi connectivity index (χ1) is 9.15. The Kier molecular flexibility index (Phi) is 4.59. The fourth-order valence-corrected chi connectivity index (χ4v) is 2.94. The van der Waals surface area contributed by atoms with Crippen molar-refractivity contribution in [3.63, 3.8) is 0 Å². The summed E-state index contributed by atoms with van der Waals surface area (Å²) >= 11 is 0. The monoisotopic (exact) mass is 260 g/mol. The molecule has 1 aromatic rings. The van der Waals surface area contributed by atoms with Crippen molar-refractivity contribution in [1.29, 1.82) is 0 Å². The molecule has 0 radical (unpaired) electrons. The standard InChI is InChI=1S/C16H24N2O/c1-16(14-7-3-2-4-8-14)10-6-12-18(13-16)15(19)9-5-11-17/h2-4,7-8H,5-6,9-13,17H2,1H3. The van der Waals surface area contributed by atoms with E-state index in [9.17, 15) is 4.79 Å². The molecule has 104 valence electrons. The minimum atomic E-state index is 0.0951. The van der Waals surface area contributed by atoms with Crippen LogP contribution in [0, 0.1) is 0 Å². The molecule has 1 unspecified atom stereocenters. The quantitative estimate of drug-likeness (QED) is 0.903. The molecular weight excluding hydrogens is 236 g/mol. The molecule has 19 heavy (non-hydrogen) atoms. The fraction of sp³-hybridized carbons (Fsp3) is 0.562. The third-order valence-corrected chi connectivity index (χ3v) is 4.11. The fourth-order valence-electron chi connectivity index (χ4n) is 2.94. The highest BCUT2D eigenvalue weighted by Gasteiger charge is 2.34. The SMILES string of the molecule is CC1(c2ccccc2)CCCN(C(=O)CCCN)C1. The van der Waals surface area contributed by atoms with Gasteiger partial charge in [0.15, 0.2) is 0 Å². The molecule has 0 saturated carbocycles. The van der Waals surface area contributed by atoms with Crippen molar-refractivity contribution < 1.29 is 4.79 Å². The number of piperidine rings is 1. The number of nitrogens with two attached hydrogens (primary N) is 1. The van der Waals surface area contributed by atoms with E-state index in [1.165, 1.54) is 5.56 Å². The van der Waals surface area contributed by atoms with E-state index in [-0.39, 0.29) is 11.3 Å². The first-order valence-corrected chi connectivity index (χ1v) is 7.19. The van der Waals surface area contributed by atoms with Crippen molar-refractivity contribution in [2.24, 2.45) is 5.73 Å². The third-order valence-electron chi connectivity index (χ3n) is 4.11. The number of carbonyl (C=O) groups is 1. The van der Waals surface area contributed by atoms with Crippen LogP contribution in [0.2, 0.25) is 0 Å². The summed E-state index contributed by atoms with van der Waals surface area (Å²) in [5, 5.41) is 0. The molecule has 1 fully saturated rings. The molecule has 1 atom stereocenters. The van der Waals surface area contributed by atoms with E-state index < -0.39 is 0 Å². The Morgan fingerprint density at radius 2 is 2.11 bits per heavy atom. The van der Waals surface area contributed by atoms with Crippen LogP contribution in [0.4, 0.5) is 0 Å². The lowest BCUT2D eigenvalue weighted by Crippen LogP contribution is -2.47. The topological polar surface area (TPSA) is 46.3 Å². The lowest BCUT2D eigenvalue weighted by atomic mass is 9.76. The third kappa shape index (κ3) is 3.35. The van der Waals surface area contributed by atoms with E-state index in [1.807, 2.05) is 11.0 Å². The van der Waals surface area contributed by atoms with Crippen LogP contribution in [0.15, 0.2) is 30.3 Å². The molecule has 1 aliphatic heterocycles. The Hall–Kier alpha value is -1.35. The predicted octanol–water partition coefficient (Wildman–Crippen LogP) is 2.31. The summed E-state index contributed by atoms with van der Waals surface area (Å²) in [5.41, 5.74) is 6.91. The smallest absolute Gasteiger partial charge is 0.222 e. The maximum atomic E-state index is 12.1. The summed E-state index contributed by atoms with van der Waals surface area (Å²) < 4.78 is 0. The first kappa shape index (κ1) is 14.1. The molecule has 0 spiro atoms. The number of carbonyl (C=O) groups excluding carboxylic acids is 1. The van der Waals surface area contributed by atoms with E-state index in [0.29, 0.717) is 13.0 Å². The van der Waals surface area contributed by atoms with Gasteiger partial charge in [-0.15, -0.1) is 0 Å². The first-order valence-electron chi connectivity index (χ1n) is 7.19. The highest BCUT2D eigenvalue weighted by Crippen LogP contribution is 2.33. The van der Waals surface area contributed by atoms with Gasteiger partial charge in [-0.1, -0.05) is 37.3 Å². The number of hydrogen-bond acceptors (Lipinski definition) is 2. The van der Waals surface area contributed by atoms with Crippen molar-refractivity contribution in [1.82, 2.24) is 4.90 Å². The molecule has 1 heterocycles. The van der Waals surface area contributed by atoms with Gasteiger partial charge in [0, 0.05) is 24.9 Å². The van der Waals surface area contributed by atoms with Crippen molar-refractivity contribution in [2.45, 2.75) is 38.0 Å². The van der Waals surface area contributed by atoms with Crippen LogP contribution in [-0.2, 0) is 10.2 Å². The normalized spacial score (nSPS) is 23.4. The maximum absolute atomic E-state index is 12.1. The maximum Gasteiger partial charge on any atom is 0.222 e. The van der Waals surface area contributed by atoms with Gasteiger partial charge in [-0.25, -0.2) is 0 Å².